The lowest BCUT2D eigenvalue weighted by Gasteiger charge is -2.32. The first kappa shape index (κ1) is 27.5. The van der Waals surface area contributed by atoms with E-state index in [4.69, 9.17) is 23.2 Å². The van der Waals surface area contributed by atoms with Crippen LogP contribution in [0.3, 0.4) is 0 Å². The summed E-state index contributed by atoms with van der Waals surface area (Å²) < 4.78 is 28.3. The van der Waals surface area contributed by atoms with Gasteiger partial charge in [-0.15, -0.1) is 0 Å². The lowest BCUT2D eigenvalue weighted by molar-refractivity contribution is -0.139. The fourth-order valence-corrected chi connectivity index (χ4v) is 5.38. The van der Waals surface area contributed by atoms with Crippen molar-refractivity contribution in [2.75, 3.05) is 17.9 Å². The van der Waals surface area contributed by atoms with Crippen LogP contribution in [0, 0.1) is 6.92 Å². The van der Waals surface area contributed by atoms with Gasteiger partial charge in [0, 0.05) is 23.6 Å². The van der Waals surface area contributed by atoms with Crippen molar-refractivity contribution in [1.29, 1.82) is 0 Å². The van der Waals surface area contributed by atoms with Crippen LogP contribution in [0.5, 0.6) is 0 Å². The van der Waals surface area contributed by atoms with Crippen LogP contribution in [-0.4, -0.2) is 44.8 Å². The van der Waals surface area contributed by atoms with Gasteiger partial charge in [-0.3, -0.25) is 13.9 Å². The molecular weight excluding hydrogens is 521 g/mol. The van der Waals surface area contributed by atoms with E-state index in [1.807, 2.05) is 0 Å². The average molecular weight is 548 g/mol. The molecule has 190 valence electrons. The van der Waals surface area contributed by atoms with Gasteiger partial charge in [-0.05, 0) is 55.3 Å². The Morgan fingerprint density at radius 1 is 0.944 bits per heavy atom. The zero-order chi connectivity index (χ0) is 26.5. The molecule has 0 spiro atoms. The Balaban J connectivity index is 2.06. The number of carbonyl (C=O) groups is 2. The van der Waals surface area contributed by atoms with Crippen molar-refractivity contribution in [2.24, 2.45) is 0 Å². The summed E-state index contributed by atoms with van der Waals surface area (Å²) in [5.74, 6) is -0.978. The van der Waals surface area contributed by atoms with Crippen molar-refractivity contribution >= 4 is 50.7 Å². The molecule has 0 saturated carbocycles. The maximum Gasteiger partial charge on any atom is 0.264 e. The van der Waals surface area contributed by atoms with Crippen molar-refractivity contribution in [1.82, 2.24) is 10.2 Å². The number of rotatable bonds is 9. The lowest BCUT2D eigenvalue weighted by atomic mass is 10.1. The SMILES string of the molecule is CNC(=O)C(C)N(Cc1ccccc1Cl)C(=O)CN(c1ccc(C)c(Cl)c1)S(=O)(=O)c1ccccc1. The highest BCUT2D eigenvalue weighted by molar-refractivity contribution is 7.92. The lowest BCUT2D eigenvalue weighted by Crippen LogP contribution is -2.50. The largest absolute Gasteiger partial charge is 0.357 e. The van der Waals surface area contributed by atoms with Crippen LogP contribution in [0.25, 0.3) is 0 Å². The first-order chi connectivity index (χ1) is 17.1. The molecule has 10 heteroatoms. The maximum atomic E-state index is 13.7. The Labute approximate surface area is 221 Å². The normalized spacial score (nSPS) is 12.0. The van der Waals surface area contributed by atoms with Crippen LogP contribution in [0.2, 0.25) is 10.0 Å². The highest BCUT2D eigenvalue weighted by Crippen LogP contribution is 2.29. The minimum atomic E-state index is -4.14. The molecule has 0 aliphatic carbocycles. The standard InChI is InChI=1S/C26H27Cl2N3O4S/c1-18-13-14-21(15-24(18)28)31(36(34,35)22-10-5-4-6-11-22)17-25(32)30(19(2)26(33)29-3)16-20-9-7-8-12-23(20)27/h4-15,19H,16-17H2,1-3H3,(H,29,33). The Kier molecular flexibility index (Phi) is 9.00. The molecule has 2 amide bonds. The van der Waals surface area contributed by atoms with E-state index in [0.717, 1.165) is 9.87 Å². The topological polar surface area (TPSA) is 86.8 Å². The van der Waals surface area contributed by atoms with Crippen molar-refractivity contribution in [2.45, 2.75) is 31.3 Å². The molecule has 1 N–H and O–H groups in total. The van der Waals surface area contributed by atoms with E-state index in [0.29, 0.717) is 15.6 Å². The van der Waals surface area contributed by atoms with Crippen LogP contribution in [0.4, 0.5) is 5.69 Å². The molecule has 7 nitrogen and oxygen atoms in total. The summed E-state index contributed by atoms with van der Waals surface area (Å²) in [6, 6.07) is 18.7. The third-order valence-electron chi connectivity index (χ3n) is 5.77. The molecule has 0 heterocycles. The zero-order valence-corrected chi connectivity index (χ0v) is 22.4. The average Bonchev–Trinajstić information content (AvgIpc) is 2.87. The van der Waals surface area contributed by atoms with E-state index in [1.54, 1.807) is 68.4 Å². The predicted octanol–water partition coefficient (Wildman–Crippen LogP) is 4.66. The molecule has 3 aromatic rings. The minimum Gasteiger partial charge on any atom is -0.357 e. The number of nitrogens with zero attached hydrogens (tertiary/aromatic N) is 2. The minimum absolute atomic E-state index is 0.0149. The van der Waals surface area contributed by atoms with Crippen LogP contribution >= 0.6 is 23.2 Å². The molecule has 0 aliphatic heterocycles. The van der Waals surface area contributed by atoms with Gasteiger partial charge in [-0.25, -0.2) is 8.42 Å². The van der Waals surface area contributed by atoms with E-state index in [9.17, 15) is 18.0 Å². The van der Waals surface area contributed by atoms with Crippen LogP contribution in [-0.2, 0) is 26.2 Å². The van der Waals surface area contributed by atoms with E-state index in [2.05, 4.69) is 5.32 Å². The van der Waals surface area contributed by atoms with Gasteiger partial charge in [0.05, 0.1) is 10.6 Å². The van der Waals surface area contributed by atoms with Gasteiger partial charge < -0.3 is 10.2 Å². The number of anilines is 1. The number of benzene rings is 3. The molecule has 0 fully saturated rings. The van der Waals surface area contributed by atoms with Crippen LogP contribution in [0.1, 0.15) is 18.1 Å². The Morgan fingerprint density at radius 3 is 2.19 bits per heavy atom. The quantitative estimate of drug-likeness (QED) is 0.422. The second-order valence-electron chi connectivity index (χ2n) is 8.16. The number of sulfonamides is 1. The fourth-order valence-electron chi connectivity index (χ4n) is 3.59. The van der Waals surface area contributed by atoms with Gasteiger partial charge in [0.15, 0.2) is 0 Å². The zero-order valence-electron chi connectivity index (χ0n) is 20.1. The highest BCUT2D eigenvalue weighted by Gasteiger charge is 2.32. The Bertz CT molecular complexity index is 1350. The van der Waals surface area contributed by atoms with Crippen molar-refractivity contribution < 1.29 is 18.0 Å². The van der Waals surface area contributed by atoms with Crippen molar-refractivity contribution in [3.63, 3.8) is 0 Å². The third kappa shape index (κ3) is 6.19. The van der Waals surface area contributed by atoms with Gasteiger partial charge >= 0.3 is 0 Å². The summed E-state index contributed by atoms with van der Waals surface area (Å²) in [6.45, 7) is 2.83. The van der Waals surface area contributed by atoms with Gasteiger partial charge in [-0.1, -0.05) is 65.7 Å². The Morgan fingerprint density at radius 2 is 1.58 bits per heavy atom. The van der Waals surface area contributed by atoms with Gasteiger partial charge in [0.25, 0.3) is 10.0 Å². The smallest absolute Gasteiger partial charge is 0.264 e. The first-order valence-corrected chi connectivity index (χ1v) is 13.3. The monoisotopic (exact) mass is 547 g/mol. The molecule has 36 heavy (non-hydrogen) atoms. The number of halogens is 2. The number of amides is 2. The molecule has 3 aromatic carbocycles. The second-order valence-corrected chi connectivity index (χ2v) is 10.8. The van der Waals surface area contributed by atoms with Gasteiger partial charge in [0.2, 0.25) is 11.8 Å². The molecule has 0 aliphatic rings. The number of hydrogen-bond acceptors (Lipinski definition) is 4. The van der Waals surface area contributed by atoms with Gasteiger partial charge in [-0.2, -0.15) is 0 Å². The predicted molar refractivity (Wildman–Crippen MR) is 143 cm³/mol. The number of aryl methyl sites for hydroxylation is 1. The summed E-state index contributed by atoms with van der Waals surface area (Å²) in [5.41, 5.74) is 1.62. The van der Waals surface area contributed by atoms with E-state index < -0.39 is 34.4 Å². The van der Waals surface area contributed by atoms with Gasteiger partial charge in [0.1, 0.15) is 12.6 Å². The second kappa shape index (κ2) is 11.8. The summed E-state index contributed by atoms with van der Waals surface area (Å²) in [6.07, 6.45) is 0. The van der Waals surface area contributed by atoms with Crippen LogP contribution in [0.15, 0.2) is 77.7 Å². The fraction of sp³-hybridized carbons (Fsp3) is 0.231. The molecule has 1 atom stereocenters. The Hall–Kier alpha value is -3.07. The number of likely N-dealkylation sites (N-methyl/N-ethyl adjacent to an activating group) is 1. The molecule has 1 unspecified atom stereocenters. The summed E-state index contributed by atoms with van der Waals surface area (Å²) in [4.78, 5) is 27.5. The third-order valence-corrected chi connectivity index (χ3v) is 8.33. The number of hydrogen-bond donors (Lipinski definition) is 1. The molecule has 0 bridgehead atoms. The van der Waals surface area contributed by atoms with E-state index in [-0.39, 0.29) is 17.1 Å². The number of carbonyl (C=O) groups excluding carboxylic acids is 2. The van der Waals surface area contributed by atoms with E-state index in [1.165, 1.54) is 30.1 Å². The van der Waals surface area contributed by atoms with Crippen LogP contribution < -0.4 is 9.62 Å². The number of nitrogens with one attached hydrogen (secondary N) is 1. The maximum absolute atomic E-state index is 13.7. The first-order valence-electron chi connectivity index (χ1n) is 11.1. The summed E-state index contributed by atoms with van der Waals surface area (Å²) in [7, 11) is -2.67. The highest BCUT2D eigenvalue weighted by atomic mass is 35.5. The van der Waals surface area contributed by atoms with E-state index >= 15 is 0 Å². The summed E-state index contributed by atoms with van der Waals surface area (Å²) in [5, 5.41) is 3.33. The summed E-state index contributed by atoms with van der Waals surface area (Å²) >= 11 is 12.6. The molecular formula is C26H27Cl2N3O4S. The van der Waals surface area contributed by atoms with Crippen molar-refractivity contribution in [3.05, 3.63) is 94.0 Å². The molecule has 0 radical (unpaired) electrons. The molecule has 0 saturated heterocycles. The molecule has 0 aromatic heterocycles. The van der Waals surface area contributed by atoms with Crippen molar-refractivity contribution in [3.8, 4) is 0 Å². The molecule has 3 rings (SSSR count).